The first-order valence-electron chi connectivity index (χ1n) is 7.70. The lowest BCUT2D eigenvalue weighted by molar-refractivity contribution is -0.137. The summed E-state index contributed by atoms with van der Waals surface area (Å²) in [6, 6.07) is 3.92. The predicted octanol–water partition coefficient (Wildman–Crippen LogP) is 5.85. The monoisotopic (exact) mass is 374 g/mol. The van der Waals surface area contributed by atoms with Gasteiger partial charge in [0.1, 0.15) is 17.6 Å². The maximum absolute atomic E-state index is 13.3. The van der Waals surface area contributed by atoms with Crippen LogP contribution in [0, 0.1) is 11.2 Å². The van der Waals surface area contributed by atoms with Crippen molar-refractivity contribution in [2.24, 2.45) is 5.41 Å². The molecule has 1 aromatic carbocycles. The minimum absolute atomic E-state index is 0.00107. The zero-order valence-electron chi connectivity index (χ0n) is 14.7. The summed E-state index contributed by atoms with van der Waals surface area (Å²) in [5, 5.41) is 3.77. The third-order valence-electron chi connectivity index (χ3n) is 3.49. The van der Waals surface area contributed by atoms with Crippen molar-refractivity contribution in [1.29, 1.82) is 0 Å². The molecule has 0 saturated carbocycles. The van der Waals surface area contributed by atoms with E-state index < -0.39 is 32.7 Å². The zero-order valence-corrected chi connectivity index (χ0v) is 15.7. The standard InChI is InChI=1S/C17H20F4NO2Si/c1-16(2,3)15(24-25(4)5)14-9-13(22-23-14)11-7-6-10(18)8-12(11)17(19,20)21/h6-9,15H,1-5H3. The molecule has 1 aromatic heterocycles. The van der Waals surface area contributed by atoms with Gasteiger partial charge in [-0.15, -0.1) is 0 Å². The number of hydrogen-bond donors (Lipinski definition) is 0. The quantitative estimate of drug-likeness (QED) is 0.497. The van der Waals surface area contributed by atoms with Gasteiger partial charge in [-0.1, -0.05) is 25.9 Å². The fraction of sp³-hybridized carbons (Fsp3) is 0.471. The first-order valence-corrected chi connectivity index (χ1v) is 10.1. The van der Waals surface area contributed by atoms with Crippen LogP contribution in [0.25, 0.3) is 11.3 Å². The van der Waals surface area contributed by atoms with Crippen molar-refractivity contribution in [2.75, 3.05) is 0 Å². The highest BCUT2D eigenvalue weighted by Crippen LogP contribution is 2.41. The lowest BCUT2D eigenvalue weighted by atomic mass is 9.87. The molecule has 0 bridgehead atoms. The Morgan fingerprint density at radius 1 is 1.12 bits per heavy atom. The van der Waals surface area contributed by atoms with Crippen LogP contribution in [0.1, 0.15) is 38.2 Å². The highest BCUT2D eigenvalue weighted by molar-refractivity contribution is 6.48. The van der Waals surface area contributed by atoms with Gasteiger partial charge in [0.05, 0.1) is 5.56 Å². The molecule has 0 fully saturated rings. The van der Waals surface area contributed by atoms with Crippen LogP contribution in [0.5, 0.6) is 0 Å². The number of rotatable bonds is 4. The van der Waals surface area contributed by atoms with Crippen LogP contribution >= 0.6 is 0 Å². The van der Waals surface area contributed by atoms with Crippen molar-refractivity contribution < 1.29 is 26.5 Å². The molecule has 1 unspecified atom stereocenters. The largest absolute Gasteiger partial charge is 0.417 e. The number of hydrogen-bond acceptors (Lipinski definition) is 3. The summed E-state index contributed by atoms with van der Waals surface area (Å²) in [6.45, 7) is 9.77. The minimum Gasteiger partial charge on any atom is -0.406 e. The van der Waals surface area contributed by atoms with E-state index in [1.54, 1.807) is 0 Å². The van der Waals surface area contributed by atoms with Crippen LogP contribution in [0.15, 0.2) is 28.8 Å². The number of alkyl halides is 3. The van der Waals surface area contributed by atoms with Gasteiger partial charge in [-0.3, -0.25) is 0 Å². The van der Waals surface area contributed by atoms with Crippen LogP contribution in [0.3, 0.4) is 0 Å². The van der Waals surface area contributed by atoms with E-state index in [0.29, 0.717) is 11.8 Å². The van der Waals surface area contributed by atoms with Gasteiger partial charge in [0.15, 0.2) is 5.76 Å². The van der Waals surface area contributed by atoms with E-state index >= 15 is 0 Å². The van der Waals surface area contributed by atoms with E-state index in [0.717, 1.165) is 12.1 Å². The fourth-order valence-corrected chi connectivity index (χ4v) is 3.35. The number of aromatic nitrogens is 1. The summed E-state index contributed by atoms with van der Waals surface area (Å²) in [7, 11) is -1.07. The molecule has 2 aromatic rings. The smallest absolute Gasteiger partial charge is 0.406 e. The Bertz CT molecular complexity index is 735. The molecule has 1 heterocycles. The summed E-state index contributed by atoms with van der Waals surface area (Å²) in [6.07, 6.45) is -5.13. The van der Waals surface area contributed by atoms with Crippen molar-refractivity contribution in [1.82, 2.24) is 5.16 Å². The molecule has 137 valence electrons. The molecule has 1 atom stereocenters. The second kappa shape index (κ2) is 6.91. The Labute approximate surface area is 145 Å². The Balaban J connectivity index is 2.48. The van der Waals surface area contributed by atoms with Gasteiger partial charge < -0.3 is 8.95 Å². The summed E-state index contributed by atoms with van der Waals surface area (Å²) >= 11 is 0. The van der Waals surface area contributed by atoms with Crippen LogP contribution in [-0.2, 0) is 10.6 Å². The summed E-state index contributed by atoms with van der Waals surface area (Å²) < 4.78 is 64.1. The lowest BCUT2D eigenvalue weighted by Crippen LogP contribution is -2.25. The number of nitrogens with zero attached hydrogens (tertiary/aromatic N) is 1. The lowest BCUT2D eigenvalue weighted by Gasteiger charge is -2.30. The molecular formula is C17H20F4NO2Si. The predicted molar refractivity (Wildman–Crippen MR) is 87.7 cm³/mol. The second-order valence-electron chi connectivity index (χ2n) is 7.07. The topological polar surface area (TPSA) is 35.3 Å². The highest BCUT2D eigenvalue weighted by Gasteiger charge is 2.36. The molecule has 0 spiro atoms. The molecule has 0 amide bonds. The molecule has 0 aliphatic carbocycles. The number of halogens is 4. The van der Waals surface area contributed by atoms with Gasteiger partial charge in [-0.2, -0.15) is 13.2 Å². The minimum atomic E-state index is -4.69. The SMILES string of the molecule is C[Si](C)OC(c1cc(-c2ccc(F)cc2C(F)(F)F)no1)C(C)(C)C. The van der Waals surface area contributed by atoms with Crippen LogP contribution in [0.2, 0.25) is 13.1 Å². The molecular weight excluding hydrogens is 354 g/mol. The maximum Gasteiger partial charge on any atom is 0.417 e. The van der Waals surface area contributed by atoms with E-state index in [4.69, 9.17) is 8.95 Å². The Morgan fingerprint density at radius 3 is 2.28 bits per heavy atom. The summed E-state index contributed by atoms with van der Waals surface area (Å²) in [5.41, 5.74) is -1.64. The van der Waals surface area contributed by atoms with Crippen molar-refractivity contribution in [3.05, 3.63) is 41.4 Å². The van der Waals surface area contributed by atoms with Gasteiger partial charge in [0, 0.05) is 11.6 Å². The maximum atomic E-state index is 13.3. The van der Waals surface area contributed by atoms with E-state index in [2.05, 4.69) is 5.16 Å². The molecule has 1 radical (unpaired) electrons. The Morgan fingerprint density at radius 2 is 1.76 bits per heavy atom. The molecule has 8 heteroatoms. The van der Waals surface area contributed by atoms with Gasteiger partial charge in [-0.25, -0.2) is 4.39 Å². The van der Waals surface area contributed by atoms with Crippen molar-refractivity contribution >= 4 is 9.04 Å². The third kappa shape index (κ3) is 4.69. The molecule has 25 heavy (non-hydrogen) atoms. The van der Waals surface area contributed by atoms with E-state index in [1.807, 2.05) is 33.9 Å². The van der Waals surface area contributed by atoms with E-state index in [9.17, 15) is 17.6 Å². The van der Waals surface area contributed by atoms with Gasteiger partial charge in [0.2, 0.25) is 9.04 Å². The average molecular weight is 374 g/mol. The summed E-state index contributed by atoms with van der Waals surface area (Å²) in [4.78, 5) is 0. The molecule has 0 N–H and O–H groups in total. The van der Waals surface area contributed by atoms with Gasteiger partial charge in [0.25, 0.3) is 0 Å². The van der Waals surface area contributed by atoms with Crippen LogP contribution in [0.4, 0.5) is 17.6 Å². The van der Waals surface area contributed by atoms with Crippen molar-refractivity contribution in [3.63, 3.8) is 0 Å². The Kier molecular flexibility index (Phi) is 5.43. The second-order valence-corrected chi connectivity index (χ2v) is 9.13. The molecule has 0 aliphatic heterocycles. The molecule has 3 nitrogen and oxygen atoms in total. The normalized spacial score (nSPS) is 14.2. The van der Waals surface area contributed by atoms with E-state index in [-0.39, 0.29) is 16.7 Å². The van der Waals surface area contributed by atoms with Crippen molar-refractivity contribution in [2.45, 2.75) is 46.1 Å². The molecule has 2 rings (SSSR count). The molecule has 0 saturated heterocycles. The first kappa shape index (κ1) is 19.6. The van der Waals surface area contributed by atoms with E-state index in [1.165, 1.54) is 6.07 Å². The van der Waals surface area contributed by atoms with Crippen LogP contribution < -0.4 is 0 Å². The fourth-order valence-electron chi connectivity index (χ4n) is 2.41. The zero-order chi connectivity index (χ0) is 19.0. The van der Waals surface area contributed by atoms with Crippen LogP contribution in [-0.4, -0.2) is 14.2 Å². The summed E-state index contributed by atoms with van der Waals surface area (Å²) in [5.74, 6) is -0.606. The highest BCUT2D eigenvalue weighted by atomic mass is 28.3. The number of benzene rings is 1. The van der Waals surface area contributed by atoms with Gasteiger partial charge >= 0.3 is 6.18 Å². The van der Waals surface area contributed by atoms with Crippen molar-refractivity contribution in [3.8, 4) is 11.3 Å². The Hall–Kier alpha value is -1.67. The molecule has 0 aliphatic rings. The first-order chi connectivity index (χ1) is 11.4. The average Bonchev–Trinajstić information content (AvgIpc) is 2.91. The third-order valence-corrected chi connectivity index (χ3v) is 4.20. The van der Waals surface area contributed by atoms with Gasteiger partial charge in [-0.05, 0) is 36.7 Å².